The summed E-state index contributed by atoms with van der Waals surface area (Å²) in [6, 6.07) is 10.2. The number of azo groups is 1. The fourth-order valence-corrected chi connectivity index (χ4v) is 2.77. The van der Waals surface area contributed by atoms with E-state index in [4.69, 9.17) is 8.83 Å². The second-order valence-corrected chi connectivity index (χ2v) is 5.80. The van der Waals surface area contributed by atoms with Crippen molar-refractivity contribution < 1.29 is 18.9 Å². The quantitative estimate of drug-likeness (QED) is 0.238. The van der Waals surface area contributed by atoms with Crippen LogP contribution in [-0.2, 0) is 0 Å². The largest absolute Gasteiger partial charge is 0.502 e. The Bertz CT molecular complexity index is 1300. The molecule has 0 bridgehead atoms. The lowest BCUT2D eigenvalue weighted by Gasteiger charge is -2.00. The predicted molar refractivity (Wildman–Crippen MR) is 95.9 cm³/mol. The van der Waals surface area contributed by atoms with Gasteiger partial charge in [0.1, 0.15) is 11.0 Å². The van der Waals surface area contributed by atoms with E-state index in [1.165, 1.54) is 30.3 Å². The minimum Gasteiger partial charge on any atom is -0.502 e. The monoisotopic (exact) mass is 365 g/mol. The van der Waals surface area contributed by atoms with Crippen molar-refractivity contribution in [1.82, 2.24) is 0 Å². The number of aryl methyl sites for hydroxylation is 1. The first-order chi connectivity index (χ1) is 12.9. The van der Waals surface area contributed by atoms with Gasteiger partial charge in [0.15, 0.2) is 11.3 Å². The Morgan fingerprint density at radius 3 is 2.70 bits per heavy atom. The lowest BCUT2D eigenvalue weighted by atomic mass is 10.1. The van der Waals surface area contributed by atoms with Gasteiger partial charge in [0, 0.05) is 23.6 Å². The average molecular weight is 365 g/mol. The first kappa shape index (κ1) is 16.5. The molecule has 4 rings (SSSR count). The molecule has 2 aromatic heterocycles. The van der Waals surface area contributed by atoms with Crippen LogP contribution in [0.5, 0.6) is 5.75 Å². The summed E-state index contributed by atoms with van der Waals surface area (Å²) >= 11 is 0. The molecule has 4 aromatic rings. The Morgan fingerprint density at radius 1 is 1.11 bits per heavy atom. The molecular weight excluding hydrogens is 354 g/mol. The van der Waals surface area contributed by atoms with Crippen LogP contribution in [0.2, 0.25) is 0 Å². The van der Waals surface area contributed by atoms with E-state index in [1.807, 2.05) is 0 Å². The summed E-state index contributed by atoms with van der Waals surface area (Å²) in [4.78, 5) is 22.0. The molecule has 0 aliphatic carbocycles. The van der Waals surface area contributed by atoms with Crippen molar-refractivity contribution in [2.45, 2.75) is 6.92 Å². The molecule has 0 aliphatic heterocycles. The molecule has 1 N–H and O–H groups in total. The van der Waals surface area contributed by atoms with E-state index < -0.39 is 10.5 Å². The maximum absolute atomic E-state index is 11.7. The first-order valence-electron chi connectivity index (χ1n) is 7.79. The van der Waals surface area contributed by atoms with Crippen LogP contribution in [0, 0.1) is 17.0 Å². The van der Waals surface area contributed by atoms with Crippen LogP contribution in [0.1, 0.15) is 5.56 Å². The number of nitrogens with zero attached hydrogens (tertiary/aromatic N) is 3. The molecule has 0 unspecified atom stereocenters. The SMILES string of the molecule is Cc1cc(=O)oc2c1ccc1oc(N=Nc3cccc([N+](=O)[O-])c3)c(O)c12. The molecule has 27 heavy (non-hydrogen) atoms. The number of rotatable bonds is 3. The van der Waals surface area contributed by atoms with Crippen molar-refractivity contribution in [2.75, 3.05) is 0 Å². The number of nitro benzene ring substituents is 1. The average Bonchev–Trinajstić information content (AvgIpc) is 2.96. The van der Waals surface area contributed by atoms with Crippen molar-refractivity contribution in [3.63, 3.8) is 0 Å². The molecule has 0 saturated carbocycles. The number of non-ortho nitro benzene ring substituents is 1. The standard InChI is InChI=1S/C18H11N3O6/c1-9-7-14(22)27-17-12(9)5-6-13-15(17)16(23)18(26-13)20-19-10-3-2-4-11(8-10)21(24)25/h2-8,23H,1H3. The molecular formula is C18H11N3O6. The Hall–Kier alpha value is -4.01. The number of aromatic hydroxyl groups is 1. The molecule has 134 valence electrons. The van der Waals surface area contributed by atoms with Gasteiger partial charge in [0.25, 0.3) is 11.6 Å². The highest BCUT2D eigenvalue weighted by molar-refractivity contribution is 6.08. The number of hydrogen-bond donors (Lipinski definition) is 1. The Morgan fingerprint density at radius 2 is 1.93 bits per heavy atom. The maximum atomic E-state index is 11.7. The van der Waals surface area contributed by atoms with Crippen LogP contribution in [0.4, 0.5) is 17.3 Å². The number of benzene rings is 2. The van der Waals surface area contributed by atoms with Crippen LogP contribution >= 0.6 is 0 Å². The third-order valence-electron chi connectivity index (χ3n) is 4.02. The summed E-state index contributed by atoms with van der Waals surface area (Å²) in [7, 11) is 0. The van der Waals surface area contributed by atoms with Crippen molar-refractivity contribution in [1.29, 1.82) is 0 Å². The highest BCUT2D eigenvalue weighted by atomic mass is 16.6. The third-order valence-corrected chi connectivity index (χ3v) is 4.02. The van der Waals surface area contributed by atoms with Gasteiger partial charge in [-0.15, -0.1) is 10.2 Å². The zero-order chi connectivity index (χ0) is 19.1. The van der Waals surface area contributed by atoms with Gasteiger partial charge < -0.3 is 13.9 Å². The normalized spacial score (nSPS) is 11.6. The summed E-state index contributed by atoms with van der Waals surface area (Å²) in [6.45, 7) is 1.76. The van der Waals surface area contributed by atoms with E-state index in [0.717, 1.165) is 0 Å². The lowest BCUT2D eigenvalue weighted by Crippen LogP contribution is -1.97. The first-order valence-corrected chi connectivity index (χ1v) is 7.79. The van der Waals surface area contributed by atoms with E-state index in [-0.39, 0.29) is 39.6 Å². The molecule has 9 heteroatoms. The molecule has 0 amide bonds. The smallest absolute Gasteiger partial charge is 0.336 e. The van der Waals surface area contributed by atoms with Crippen molar-refractivity contribution in [2.24, 2.45) is 10.2 Å². The fourth-order valence-electron chi connectivity index (χ4n) is 2.77. The van der Waals surface area contributed by atoms with Crippen LogP contribution in [-0.4, -0.2) is 10.0 Å². The van der Waals surface area contributed by atoms with Crippen molar-refractivity contribution in [3.05, 3.63) is 68.6 Å². The van der Waals surface area contributed by atoms with Gasteiger partial charge in [-0.05, 0) is 30.7 Å². The molecule has 2 heterocycles. The summed E-state index contributed by atoms with van der Waals surface area (Å²) < 4.78 is 10.7. The zero-order valence-corrected chi connectivity index (χ0v) is 13.9. The summed E-state index contributed by atoms with van der Waals surface area (Å²) in [5.41, 5.74) is 0.688. The number of fused-ring (bicyclic) bond motifs is 3. The highest BCUT2D eigenvalue weighted by Crippen LogP contribution is 2.42. The molecule has 9 nitrogen and oxygen atoms in total. The molecule has 0 aliphatic rings. The zero-order valence-electron chi connectivity index (χ0n) is 13.9. The summed E-state index contributed by atoms with van der Waals surface area (Å²) in [5, 5.41) is 29.8. The van der Waals surface area contributed by atoms with E-state index in [0.29, 0.717) is 10.9 Å². The van der Waals surface area contributed by atoms with Crippen LogP contribution < -0.4 is 5.63 Å². The molecule has 0 fully saturated rings. The summed E-state index contributed by atoms with van der Waals surface area (Å²) in [5.74, 6) is -0.535. The van der Waals surface area contributed by atoms with Crippen molar-refractivity contribution >= 4 is 39.2 Å². The minimum absolute atomic E-state index is 0.136. The molecule has 0 radical (unpaired) electrons. The molecule has 2 aromatic carbocycles. The van der Waals surface area contributed by atoms with E-state index in [9.17, 15) is 20.0 Å². The van der Waals surface area contributed by atoms with Crippen LogP contribution in [0.15, 0.2) is 66.3 Å². The fraction of sp³-hybridized carbons (Fsp3) is 0.0556. The number of furan rings is 1. The second-order valence-electron chi connectivity index (χ2n) is 5.80. The second kappa shape index (κ2) is 6.06. The van der Waals surface area contributed by atoms with Crippen LogP contribution in [0.25, 0.3) is 21.9 Å². The van der Waals surface area contributed by atoms with Gasteiger partial charge in [0.2, 0.25) is 0 Å². The van der Waals surface area contributed by atoms with E-state index in [2.05, 4.69) is 10.2 Å². The van der Waals surface area contributed by atoms with E-state index in [1.54, 1.807) is 19.1 Å². The highest BCUT2D eigenvalue weighted by Gasteiger charge is 2.19. The molecule has 0 atom stereocenters. The minimum atomic E-state index is -0.548. The van der Waals surface area contributed by atoms with Gasteiger partial charge >= 0.3 is 5.63 Å². The predicted octanol–water partition coefficient (Wildman–Crippen LogP) is 4.88. The van der Waals surface area contributed by atoms with Crippen molar-refractivity contribution in [3.8, 4) is 5.75 Å². The third kappa shape index (κ3) is 2.80. The number of hydrogen-bond acceptors (Lipinski definition) is 8. The summed E-state index contributed by atoms with van der Waals surface area (Å²) in [6.07, 6.45) is 0. The lowest BCUT2D eigenvalue weighted by molar-refractivity contribution is -0.384. The Balaban J connectivity index is 1.85. The maximum Gasteiger partial charge on any atom is 0.336 e. The van der Waals surface area contributed by atoms with Gasteiger partial charge in [-0.25, -0.2) is 4.79 Å². The number of nitro groups is 1. The van der Waals surface area contributed by atoms with Gasteiger partial charge in [-0.1, -0.05) is 6.07 Å². The van der Waals surface area contributed by atoms with Gasteiger partial charge in [-0.3, -0.25) is 10.1 Å². The Kier molecular flexibility index (Phi) is 3.69. The van der Waals surface area contributed by atoms with Gasteiger partial charge in [-0.2, -0.15) is 0 Å². The topological polar surface area (TPSA) is 131 Å². The van der Waals surface area contributed by atoms with Gasteiger partial charge in [0.05, 0.1) is 10.6 Å². The van der Waals surface area contributed by atoms with E-state index >= 15 is 0 Å². The Labute approximate surface area is 150 Å². The van der Waals surface area contributed by atoms with Crippen LogP contribution in [0.3, 0.4) is 0 Å². The molecule has 0 saturated heterocycles. The molecule has 0 spiro atoms.